The number of rotatable bonds is 7. The molecule has 0 unspecified atom stereocenters. The second-order valence-corrected chi connectivity index (χ2v) is 9.73. The smallest absolute Gasteiger partial charge is 0.264 e. The predicted octanol–water partition coefficient (Wildman–Crippen LogP) is 4.31. The SMILES string of the molecule is Cc1ccc(S(=O)(=O)N(CC(=O)N/N=C\c2cc(Br)c(C)o2)c2cccc(C)c2)cc1. The molecule has 9 heteroatoms. The molecule has 3 aromatic rings. The summed E-state index contributed by atoms with van der Waals surface area (Å²) in [5, 5.41) is 3.87. The number of carbonyl (C=O) groups excluding carboxylic acids is 1. The summed E-state index contributed by atoms with van der Waals surface area (Å²) in [6, 6.07) is 15.2. The highest BCUT2D eigenvalue weighted by atomic mass is 79.9. The van der Waals surface area contributed by atoms with Crippen LogP contribution in [0.15, 0.2) is 73.5 Å². The van der Waals surface area contributed by atoms with Crippen LogP contribution in [0.5, 0.6) is 0 Å². The summed E-state index contributed by atoms with van der Waals surface area (Å²) in [4.78, 5) is 12.6. The van der Waals surface area contributed by atoms with Crippen LogP contribution in [0.3, 0.4) is 0 Å². The number of furan rings is 1. The van der Waals surface area contributed by atoms with Crippen molar-refractivity contribution in [2.45, 2.75) is 25.7 Å². The minimum absolute atomic E-state index is 0.104. The van der Waals surface area contributed by atoms with E-state index in [1.807, 2.05) is 19.9 Å². The number of amides is 1. The third kappa shape index (κ3) is 5.62. The van der Waals surface area contributed by atoms with Crippen LogP contribution in [0.1, 0.15) is 22.6 Å². The number of anilines is 1. The minimum Gasteiger partial charge on any atom is -0.459 e. The van der Waals surface area contributed by atoms with Gasteiger partial charge in [-0.2, -0.15) is 5.10 Å². The van der Waals surface area contributed by atoms with Crippen LogP contribution >= 0.6 is 15.9 Å². The van der Waals surface area contributed by atoms with Gasteiger partial charge in [-0.1, -0.05) is 29.8 Å². The number of hydrogen-bond acceptors (Lipinski definition) is 5. The lowest BCUT2D eigenvalue weighted by atomic mass is 10.2. The third-order valence-electron chi connectivity index (χ3n) is 4.44. The lowest BCUT2D eigenvalue weighted by Gasteiger charge is -2.24. The van der Waals surface area contributed by atoms with Crippen molar-refractivity contribution in [1.29, 1.82) is 0 Å². The zero-order valence-corrected chi connectivity index (χ0v) is 19.7. The molecule has 1 heterocycles. The molecule has 162 valence electrons. The lowest BCUT2D eigenvalue weighted by molar-refractivity contribution is -0.119. The van der Waals surface area contributed by atoms with Gasteiger partial charge >= 0.3 is 0 Å². The Hall–Kier alpha value is -2.91. The molecular formula is C22H22BrN3O4S. The average Bonchev–Trinajstić information content (AvgIpc) is 3.03. The number of hydrazone groups is 1. The molecule has 0 aliphatic carbocycles. The quantitative estimate of drug-likeness (QED) is 0.384. The summed E-state index contributed by atoms with van der Waals surface area (Å²) >= 11 is 3.33. The first-order valence-corrected chi connectivity index (χ1v) is 11.6. The van der Waals surface area contributed by atoms with E-state index in [4.69, 9.17) is 4.42 Å². The van der Waals surface area contributed by atoms with Crippen LogP contribution in [0.4, 0.5) is 5.69 Å². The maximum atomic E-state index is 13.3. The van der Waals surface area contributed by atoms with Crippen LogP contribution < -0.4 is 9.73 Å². The van der Waals surface area contributed by atoms with Gasteiger partial charge < -0.3 is 4.42 Å². The summed E-state index contributed by atoms with van der Waals surface area (Å²) in [5.74, 6) is 0.547. The first-order chi connectivity index (χ1) is 14.7. The molecule has 31 heavy (non-hydrogen) atoms. The third-order valence-corrected chi connectivity index (χ3v) is 7.02. The second-order valence-electron chi connectivity index (χ2n) is 7.01. The first-order valence-electron chi connectivity index (χ1n) is 9.41. The van der Waals surface area contributed by atoms with Crippen molar-refractivity contribution >= 4 is 43.8 Å². The standard InChI is InChI=1S/C22H22BrN3O4S/c1-15-7-9-20(10-8-15)31(28,29)26(18-6-4-5-16(2)11-18)14-22(27)25-24-13-19-12-21(23)17(3)30-19/h4-13H,14H2,1-3H3,(H,25,27)/b24-13-. The molecule has 0 atom stereocenters. The normalized spacial score (nSPS) is 11.6. The van der Waals surface area contributed by atoms with Gasteiger partial charge in [0.1, 0.15) is 18.1 Å². The maximum absolute atomic E-state index is 13.3. The van der Waals surface area contributed by atoms with Gasteiger partial charge in [0.2, 0.25) is 0 Å². The van der Waals surface area contributed by atoms with Crippen molar-refractivity contribution in [2.24, 2.45) is 5.10 Å². The summed E-state index contributed by atoms with van der Waals surface area (Å²) in [6.45, 7) is 5.08. The molecule has 1 aromatic heterocycles. The van der Waals surface area contributed by atoms with Gasteiger partial charge in [-0.15, -0.1) is 0 Å². The molecule has 0 bridgehead atoms. The Morgan fingerprint density at radius 1 is 1.10 bits per heavy atom. The lowest BCUT2D eigenvalue weighted by Crippen LogP contribution is -2.39. The van der Waals surface area contributed by atoms with Crippen LogP contribution in [-0.4, -0.2) is 27.1 Å². The molecule has 0 aliphatic rings. The van der Waals surface area contributed by atoms with E-state index in [2.05, 4.69) is 26.5 Å². The molecule has 2 aromatic carbocycles. The predicted molar refractivity (Wildman–Crippen MR) is 124 cm³/mol. The highest BCUT2D eigenvalue weighted by Gasteiger charge is 2.27. The Morgan fingerprint density at radius 2 is 1.81 bits per heavy atom. The summed E-state index contributed by atoms with van der Waals surface area (Å²) < 4.78 is 33.9. The molecule has 0 spiro atoms. The zero-order chi connectivity index (χ0) is 22.6. The Kier molecular flexibility index (Phi) is 6.97. The van der Waals surface area contributed by atoms with E-state index in [1.54, 1.807) is 43.3 Å². The summed E-state index contributed by atoms with van der Waals surface area (Å²) in [5.41, 5.74) is 4.56. The van der Waals surface area contributed by atoms with Gasteiger partial charge in [-0.25, -0.2) is 13.8 Å². The fourth-order valence-corrected chi connectivity index (χ4v) is 4.53. The van der Waals surface area contributed by atoms with Crippen molar-refractivity contribution in [3.63, 3.8) is 0 Å². The van der Waals surface area contributed by atoms with E-state index < -0.39 is 22.5 Å². The number of halogens is 1. The van der Waals surface area contributed by atoms with E-state index in [0.717, 1.165) is 19.9 Å². The Balaban J connectivity index is 1.84. The van der Waals surface area contributed by atoms with Crippen LogP contribution in [0.2, 0.25) is 0 Å². The number of carbonyl (C=O) groups is 1. The number of benzene rings is 2. The number of sulfonamides is 1. The highest BCUT2D eigenvalue weighted by Crippen LogP contribution is 2.24. The number of nitrogens with zero attached hydrogens (tertiary/aromatic N) is 2. The largest absolute Gasteiger partial charge is 0.459 e. The van der Waals surface area contributed by atoms with Gasteiger partial charge in [0.05, 0.1) is 21.3 Å². The van der Waals surface area contributed by atoms with E-state index in [9.17, 15) is 13.2 Å². The van der Waals surface area contributed by atoms with Gasteiger partial charge in [-0.05, 0) is 66.5 Å². The topological polar surface area (TPSA) is 92.0 Å². The summed E-state index contributed by atoms with van der Waals surface area (Å²) in [7, 11) is -3.97. The number of nitrogens with one attached hydrogen (secondary N) is 1. The molecule has 0 aliphatic heterocycles. The van der Waals surface area contributed by atoms with Crippen LogP contribution in [0.25, 0.3) is 0 Å². The van der Waals surface area contributed by atoms with Gasteiger partial charge in [-0.3, -0.25) is 9.10 Å². The Morgan fingerprint density at radius 3 is 2.42 bits per heavy atom. The Bertz CT molecular complexity index is 1200. The van der Waals surface area contributed by atoms with Crippen molar-refractivity contribution < 1.29 is 17.6 Å². The monoisotopic (exact) mass is 503 g/mol. The molecule has 1 N–H and O–H groups in total. The number of hydrogen-bond donors (Lipinski definition) is 1. The van der Waals surface area contributed by atoms with E-state index in [1.165, 1.54) is 18.3 Å². The van der Waals surface area contributed by atoms with Crippen LogP contribution in [-0.2, 0) is 14.8 Å². The van der Waals surface area contributed by atoms with E-state index in [0.29, 0.717) is 17.2 Å². The molecule has 0 saturated heterocycles. The van der Waals surface area contributed by atoms with Gasteiger partial charge in [0, 0.05) is 6.07 Å². The summed E-state index contributed by atoms with van der Waals surface area (Å²) in [6.07, 6.45) is 1.35. The number of aryl methyl sites for hydroxylation is 3. The fraction of sp³-hybridized carbons (Fsp3) is 0.182. The van der Waals surface area contributed by atoms with Gasteiger partial charge in [0.25, 0.3) is 15.9 Å². The molecular weight excluding hydrogens is 482 g/mol. The average molecular weight is 504 g/mol. The molecule has 0 fully saturated rings. The van der Waals surface area contributed by atoms with E-state index in [-0.39, 0.29) is 4.90 Å². The van der Waals surface area contributed by atoms with Crippen LogP contribution in [0, 0.1) is 20.8 Å². The second kappa shape index (κ2) is 9.49. The van der Waals surface area contributed by atoms with E-state index >= 15 is 0 Å². The zero-order valence-electron chi connectivity index (χ0n) is 17.3. The minimum atomic E-state index is -3.97. The van der Waals surface area contributed by atoms with Crippen molar-refractivity contribution in [3.05, 3.63) is 81.7 Å². The van der Waals surface area contributed by atoms with Gasteiger partial charge in [0.15, 0.2) is 0 Å². The first kappa shape index (κ1) is 22.8. The van der Waals surface area contributed by atoms with Crippen molar-refractivity contribution in [2.75, 3.05) is 10.8 Å². The fourth-order valence-electron chi connectivity index (χ4n) is 2.81. The Labute approximate surface area is 189 Å². The molecule has 3 rings (SSSR count). The molecule has 7 nitrogen and oxygen atoms in total. The van der Waals surface area contributed by atoms with Crippen molar-refractivity contribution in [3.8, 4) is 0 Å². The molecule has 1 amide bonds. The highest BCUT2D eigenvalue weighted by molar-refractivity contribution is 9.10. The van der Waals surface area contributed by atoms with Crippen molar-refractivity contribution in [1.82, 2.24) is 5.43 Å². The molecule has 0 radical (unpaired) electrons. The molecule has 0 saturated carbocycles. The maximum Gasteiger partial charge on any atom is 0.264 e.